The van der Waals surface area contributed by atoms with Crippen LogP contribution in [0.5, 0.6) is 0 Å². The minimum absolute atomic E-state index is 0.0107. The fraction of sp³-hybridized carbons (Fsp3) is 0.824. The molecule has 1 fully saturated rings. The molecule has 1 heterocycles. The van der Waals surface area contributed by atoms with E-state index in [1.54, 1.807) is 21.6 Å². The van der Waals surface area contributed by atoms with Crippen LogP contribution < -0.4 is 0 Å². The molecule has 0 aromatic carbocycles. The molecule has 6 heteroatoms. The molecule has 23 heavy (non-hydrogen) atoms. The van der Waals surface area contributed by atoms with Crippen molar-refractivity contribution >= 4 is 17.7 Å². The highest BCUT2D eigenvalue weighted by Gasteiger charge is 2.36. The van der Waals surface area contributed by atoms with Crippen molar-refractivity contribution in [2.24, 2.45) is 11.8 Å². The molecular weight excluding hydrogens is 294 g/mol. The Morgan fingerprint density at radius 1 is 0.870 bits per heavy atom. The summed E-state index contributed by atoms with van der Waals surface area (Å²) in [7, 11) is 0. The van der Waals surface area contributed by atoms with Crippen LogP contribution in [0.25, 0.3) is 0 Å². The number of hydrogen-bond acceptors (Lipinski definition) is 3. The average molecular weight is 325 g/mol. The smallest absolute Gasteiger partial charge is 0.225 e. The summed E-state index contributed by atoms with van der Waals surface area (Å²) in [4.78, 5) is 42.0. The van der Waals surface area contributed by atoms with E-state index in [0.29, 0.717) is 19.3 Å². The second-order valence-corrected chi connectivity index (χ2v) is 7.12. The van der Waals surface area contributed by atoms with Crippen LogP contribution in [0.2, 0.25) is 0 Å². The van der Waals surface area contributed by atoms with Crippen molar-refractivity contribution < 1.29 is 14.4 Å². The summed E-state index contributed by atoms with van der Waals surface area (Å²) < 4.78 is 0. The van der Waals surface area contributed by atoms with Gasteiger partial charge in [-0.25, -0.2) is 0 Å². The quantitative estimate of drug-likeness (QED) is 0.779. The van der Waals surface area contributed by atoms with E-state index in [9.17, 15) is 14.4 Å². The zero-order valence-corrected chi connectivity index (χ0v) is 15.3. The summed E-state index contributed by atoms with van der Waals surface area (Å²) in [5, 5.41) is 0. The van der Waals surface area contributed by atoms with Gasteiger partial charge in [0, 0.05) is 19.3 Å². The first-order valence-electron chi connectivity index (χ1n) is 8.54. The van der Waals surface area contributed by atoms with Gasteiger partial charge in [0.25, 0.3) is 0 Å². The third kappa shape index (κ3) is 5.22. The molecule has 3 amide bonds. The Labute approximate surface area is 139 Å². The second kappa shape index (κ2) is 8.31. The summed E-state index contributed by atoms with van der Waals surface area (Å²) in [6.07, 6.45) is 0.902. The van der Waals surface area contributed by atoms with E-state index in [-0.39, 0.29) is 49.1 Å². The maximum atomic E-state index is 12.5. The number of nitrogens with zero attached hydrogens (tertiary/aromatic N) is 3. The average Bonchev–Trinajstić information content (AvgIpc) is 2.44. The minimum Gasteiger partial charge on any atom is -0.307 e. The summed E-state index contributed by atoms with van der Waals surface area (Å²) in [6.45, 7) is 12.1. The zero-order chi connectivity index (χ0) is 17.7. The van der Waals surface area contributed by atoms with Gasteiger partial charge in [-0.1, -0.05) is 34.6 Å². The lowest BCUT2D eigenvalue weighted by Crippen LogP contribution is -2.64. The molecule has 0 aliphatic carbocycles. The molecule has 1 saturated heterocycles. The largest absolute Gasteiger partial charge is 0.307 e. The highest BCUT2D eigenvalue weighted by atomic mass is 16.2. The third-order valence-electron chi connectivity index (χ3n) is 4.01. The van der Waals surface area contributed by atoms with Crippen molar-refractivity contribution in [3.8, 4) is 0 Å². The van der Waals surface area contributed by atoms with Crippen LogP contribution in [0.1, 0.15) is 60.8 Å². The molecule has 0 bridgehead atoms. The van der Waals surface area contributed by atoms with E-state index in [4.69, 9.17) is 0 Å². The summed E-state index contributed by atoms with van der Waals surface area (Å²) in [6, 6.07) is 0. The Morgan fingerprint density at radius 2 is 1.30 bits per heavy atom. The molecule has 0 spiro atoms. The van der Waals surface area contributed by atoms with E-state index >= 15 is 0 Å². The molecular formula is C17H31N3O3. The van der Waals surface area contributed by atoms with Crippen molar-refractivity contribution in [3.05, 3.63) is 0 Å². The Kier molecular flexibility index (Phi) is 7.03. The molecule has 0 radical (unpaired) electrons. The summed E-state index contributed by atoms with van der Waals surface area (Å²) in [5.41, 5.74) is 0. The SMILES string of the molecule is CCC(=O)N1CN(C(=O)CC(C)C)CN(C(=O)CC(C)C)[C@@H]1C. The zero-order valence-electron chi connectivity index (χ0n) is 15.3. The standard InChI is InChI=1S/C17H31N3O3/c1-7-15(21)19-10-18(16(22)8-12(2)3)11-20(14(19)6)17(23)9-13(4)5/h12-14H,7-11H2,1-6H3/t14-/m1/s1. The third-order valence-corrected chi connectivity index (χ3v) is 4.01. The van der Waals surface area contributed by atoms with Gasteiger partial charge >= 0.3 is 0 Å². The Morgan fingerprint density at radius 3 is 1.74 bits per heavy atom. The molecule has 1 rings (SSSR count). The molecule has 132 valence electrons. The van der Waals surface area contributed by atoms with Crippen LogP contribution >= 0.6 is 0 Å². The molecule has 0 aromatic rings. The van der Waals surface area contributed by atoms with Gasteiger partial charge in [0.05, 0.1) is 13.3 Å². The first kappa shape index (κ1) is 19.5. The van der Waals surface area contributed by atoms with E-state index in [0.717, 1.165) is 0 Å². The fourth-order valence-electron chi connectivity index (χ4n) is 2.70. The van der Waals surface area contributed by atoms with Gasteiger partial charge < -0.3 is 14.7 Å². The molecule has 6 nitrogen and oxygen atoms in total. The van der Waals surface area contributed by atoms with Gasteiger partial charge in [-0.05, 0) is 18.8 Å². The van der Waals surface area contributed by atoms with Gasteiger partial charge in [0.2, 0.25) is 17.7 Å². The molecule has 1 atom stereocenters. The number of carbonyl (C=O) groups is 3. The molecule has 0 saturated carbocycles. The summed E-state index contributed by atoms with van der Waals surface area (Å²) in [5.74, 6) is 0.428. The van der Waals surface area contributed by atoms with Gasteiger partial charge in [-0.15, -0.1) is 0 Å². The highest BCUT2D eigenvalue weighted by Crippen LogP contribution is 2.20. The maximum Gasteiger partial charge on any atom is 0.225 e. The van der Waals surface area contributed by atoms with Crippen LogP contribution in [-0.4, -0.2) is 51.9 Å². The topological polar surface area (TPSA) is 60.9 Å². The number of hydrogen-bond donors (Lipinski definition) is 0. The lowest BCUT2D eigenvalue weighted by atomic mass is 10.1. The fourth-order valence-corrected chi connectivity index (χ4v) is 2.70. The minimum atomic E-state index is -0.309. The second-order valence-electron chi connectivity index (χ2n) is 7.12. The van der Waals surface area contributed by atoms with E-state index < -0.39 is 0 Å². The van der Waals surface area contributed by atoms with Crippen LogP contribution in [0.4, 0.5) is 0 Å². The van der Waals surface area contributed by atoms with Crippen molar-refractivity contribution in [3.63, 3.8) is 0 Å². The predicted molar refractivity (Wildman–Crippen MR) is 88.9 cm³/mol. The van der Waals surface area contributed by atoms with Crippen molar-refractivity contribution in [2.45, 2.75) is 67.0 Å². The first-order chi connectivity index (χ1) is 10.7. The Hall–Kier alpha value is -1.59. The normalized spacial score (nSPS) is 18.8. The van der Waals surface area contributed by atoms with E-state index in [2.05, 4.69) is 0 Å². The number of amides is 3. The van der Waals surface area contributed by atoms with E-state index in [1.165, 1.54) is 0 Å². The van der Waals surface area contributed by atoms with Crippen LogP contribution in [0.3, 0.4) is 0 Å². The van der Waals surface area contributed by atoms with Gasteiger partial charge in [0.15, 0.2) is 0 Å². The van der Waals surface area contributed by atoms with Crippen molar-refractivity contribution in [1.82, 2.24) is 14.7 Å². The van der Waals surface area contributed by atoms with Gasteiger partial charge in [-0.2, -0.15) is 0 Å². The first-order valence-corrected chi connectivity index (χ1v) is 8.54. The van der Waals surface area contributed by atoms with Crippen LogP contribution in [0.15, 0.2) is 0 Å². The predicted octanol–water partition coefficient (Wildman–Crippen LogP) is 2.25. The molecule has 0 N–H and O–H groups in total. The van der Waals surface area contributed by atoms with Crippen molar-refractivity contribution in [2.75, 3.05) is 13.3 Å². The highest BCUT2D eigenvalue weighted by molar-refractivity contribution is 5.82. The lowest BCUT2D eigenvalue weighted by molar-refractivity contribution is -0.167. The van der Waals surface area contributed by atoms with E-state index in [1.807, 2.05) is 34.6 Å². The molecule has 1 aliphatic heterocycles. The maximum absolute atomic E-state index is 12.5. The molecule has 0 aromatic heterocycles. The summed E-state index contributed by atoms with van der Waals surface area (Å²) >= 11 is 0. The molecule has 0 unspecified atom stereocenters. The van der Waals surface area contributed by atoms with Gasteiger partial charge in [-0.3, -0.25) is 14.4 Å². The monoisotopic (exact) mass is 325 g/mol. The van der Waals surface area contributed by atoms with Gasteiger partial charge in [0.1, 0.15) is 6.17 Å². The number of carbonyl (C=O) groups excluding carboxylic acids is 3. The number of rotatable bonds is 5. The van der Waals surface area contributed by atoms with Crippen molar-refractivity contribution in [1.29, 1.82) is 0 Å². The Bertz CT molecular complexity index is 448. The molecule has 1 aliphatic rings. The Balaban J connectivity index is 2.97. The van der Waals surface area contributed by atoms with Crippen LogP contribution in [-0.2, 0) is 14.4 Å². The van der Waals surface area contributed by atoms with Crippen LogP contribution in [0, 0.1) is 11.8 Å². The lowest BCUT2D eigenvalue weighted by Gasteiger charge is -2.47.